The van der Waals surface area contributed by atoms with Gasteiger partial charge in [-0.15, -0.1) is 0 Å². The van der Waals surface area contributed by atoms with Crippen molar-refractivity contribution >= 4 is 15.9 Å². The molecule has 1 aromatic carbocycles. The van der Waals surface area contributed by atoms with Gasteiger partial charge >= 0.3 is 0 Å². The Labute approximate surface area is 127 Å². The summed E-state index contributed by atoms with van der Waals surface area (Å²) in [6, 6.07) is 2.07. The van der Waals surface area contributed by atoms with Crippen LogP contribution in [0.1, 0.15) is 31.2 Å². The van der Waals surface area contributed by atoms with Gasteiger partial charge in [-0.05, 0) is 34.8 Å². The number of fused-ring (bicyclic) bond motifs is 1. The quantitative estimate of drug-likeness (QED) is 0.918. The van der Waals surface area contributed by atoms with Crippen molar-refractivity contribution in [1.82, 2.24) is 0 Å². The maximum atomic E-state index is 6.11. The SMILES string of the molecule is COc1c(C2(CN)CCCC2)cc2c(c1Br)OCCO2. The van der Waals surface area contributed by atoms with Crippen LogP contribution in [0.3, 0.4) is 0 Å². The molecule has 2 N–H and O–H groups in total. The molecule has 110 valence electrons. The minimum Gasteiger partial charge on any atom is -0.495 e. The summed E-state index contributed by atoms with van der Waals surface area (Å²) < 4.78 is 17.9. The minimum atomic E-state index is 0.00367. The third-order valence-corrected chi connectivity index (χ3v) is 5.18. The molecule has 0 saturated heterocycles. The highest BCUT2D eigenvalue weighted by atomic mass is 79.9. The highest BCUT2D eigenvalue weighted by Crippen LogP contribution is 2.52. The van der Waals surface area contributed by atoms with E-state index in [0.717, 1.165) is 40.1 Å². The molecule has 0 aromatic heterocycles. The number of nitrogens with two attached hydrogens (primary N) is 1. The summed E-state index contributed by atoms with van der Waals surface area (Å²) in [7, 11) is 1.69. The zero-order chi connectivity index (χ0) is 14.2. The van der Waals surface area contributed by atoms with E-state index in [2.05, 4.69) is 22.0 Å². The van der Waals surface area contributed by atoms with Crippen LogP contribution in [0.2, 0.25) is 0 Å². The van der Waals surface area contributed by atoms with Crippen LogP contribution in [0.25, 0.3) is 0 Å². The summed E-state index contributed by atoms with van der Waals surface area (Å²) in [5, 5.41) is 0. The minimum absolute atomic E-state index is 0.00367. The van der Waals surface area contributed by atoms with Crippen molar-refractivity contribution < 1.29 is 14.2 Å². The van der Waals surface area contributed by atoms with Crippen molar-refractivity contribution in [2.24, 2.45) is 5.73 Å². The molecule has 1 heterocycles. The first-order valence-corrected chi connectivity index (χ1v) is 7.88. The molecule has 1 aromatic rings. The lowest BCUT2D eigenvalue weighted by molar-refractivity contribution is 0.168. The average Bonchev–Trinajstić information content (AvgIpc) is 2.97. The van der Waals surface area contributed by atoms with E-state index in [-0.39, 0.29) is 5.41 Å². The Morgan fingerprint density at radius 1 is 1.30 bits per heavy atom. The first kappa shape index (κ1) is 14.0. The molecule has 0 atom stereocenters. The van der Waals surface area contributed by atoms with Crippen molar-refractivity contribution in [3.8, 4) is 17.2 Å². The van der Waals surface area contributed by atoms with Crippen LogP contribution in [0.15, 0.2) is 10.5 Å². The Morgan fingerprint density at radius 2 is 2.00 bits per heavy atom. The van der Waals surface area contributed by atoms with Gasteiger partial charge in [0.25, 0.3) is 0 Å². The third kappa shape index (κ3) is 2.07. The van der Waals surface area contributed by atoms with E-state index >= 15 is 0 Å². The molecule has 0 spiro atoms. The summed E-state index contributed by atoms with van der Waals surface area (Å²) in [6.07, 6.45) is 4.64. The number of hydrogen-bond acceptors (Lipinski definition) is 4. The molecule has 1 aliphatic carbocycles. The number of halogens is 1. The zero-order valence-corrected chi connectivity index (χ0v) is 13.3. The maximum absolute atomic E-state index is 6.11. The lowest BCUT2D eigenvalue weighted by Gasteiger charge is -2.32. The molecule has 0 unspecified atom stereocenters. The number of ether oxygens (including phenoxy) is 3. The van der Waals surface area contributed by atoms with E-state index in [9.17, 15) is 0 Å². The monoisotopic (exact) mass is 341 g/mol. The van der Waals surface area contributed by atoms with Crippen LogP contribution in [-0.4, -0.2) is 26.9 Å². The highest BCUT2D eigenvalue weighted by molar-refractivity contribution is 9.10. The Bertz CT molecular complexity index is 512. The fourth-order valence-electron chi connectivity index (χ4n) is 3.36. The van der Waals surface area contributed by atoms with E-state index in [1.165, 1.54) is 12.8 Å². The molecule has 20 heavy (non-hydrogen) atoms. The second-order valence-electron chi connectivity index (χ2n) is 5.49. The molecule has 0 amide bonds. The molecule has 1 saturated carbocycles. The third-order valence-electron chi connectivity index (χ3n) is 4.46. The van der Waals surface area contributed by atoms with Crippen molar-refractivity contribution in [2.45, 2.75) is 31.1 Å². The summed E-state index contributed by atoms with van der Waals surface area (Å²) >= 11 is 3.61. The number of rotatable bonds is 3. The first-order chi connectivity index (χ1) is 9.72. The van der Waals surface area contributed by atoms with Gasteiger partial charge in [-0.3, -0.25) is 0 Å². The highest BCUT2D eigenvalue weighted by Gasteiger charge is 2.39. The van der Waals surface area contributed by atoms with Gasteiger partial charge < -0.3 is 19.9 Å². The topological polar surface area (TPSA) is 53.7 Å². The fraction of sp³-hybridized carbons (Fsp3) is 0.600. The molecule has 0 bridgehead atoms. The van der Waals surface area contributed by atoms with Crippen LogP contribution in [0.5, 0.6) is 17.2 Å². The molecule has 5 heteroatoms. The molecule has 1 aliphatic heterocycles. The van der Waals surface area contributed by atoms with Crippen LogP contribution < -0.4 is 19.9 Å². The molecule has 1 fully saturated rings. The second kappa shape index (κ2) is 5.45. The standard InChI is InChI=1S/C15H20BrNO3/c1-18-13-10(15(9-17)4-2-3-5-15)8-11-14(12(13)16)20-7-6-19-11/h8H,2-7,9,17H2,1H3. The van der Waals surface area contributed by atoms with Crippen molar-refractivity contribution in [1.29, 1.82) is 0 Å². The molecular weight excluding hydrogens is 322 g/mol. The molecule has 3 rings (SSSR count). The van der Waals surface area contributed by atoms with Crippen LogP contribution in [-0.2, 0) is 5.41 Å². The lowest BCUT2D eigenvalue weighted by atomic mass is 9.78. The van der Waals surface area contributed by atoms with Gasteiger partial charge in [-0.25, -0.2) is 0 Å². The zero-order valence-electron chi connectivity index (χ0n) is 11.7. The van der Waals surface area contributed by atoms with Gasteiger partial charge in [0.05, 0.1) is 7.11 Å². The number of benzene rings is 1. The lowest BCUT2D eigenvalue weighted by Crippen LogP contribution is -2.33. The van der Waals surface area contributed by atoms with Gasteiger partial charge in [0.1, 0.15) is 23.4 Å². The van der Waals surface area contributed by atoms with Gasteiger partial charge in [0.2, 0.25) is 0 Å². The van der Waals surface area contributed by atoms with E-state index in [4.69, 9.17) is 19.9 Å². The summed E-state index contributed by atoms with van der Waals surface area (Å²) in [4.78, 5) is 0. The predicted octanol–water partition coefficient (Wildman–Crippen LogP) is 3.00. The summed E-state index contributed by atoms with van der Waals surface area (Å²) in [6.45, 7) is 1.78. The normalized spacial score (nSPS) is 19.9. The van der Waals surface area contributed by atoms with E-state index in [1.807, 2.05) is 0 Å². The van der Waals surface area contributed by atoms with Crippen LogP contribution in [0.4, 0.5) is 0 Å². The Morgan fingerprint density at radius 3 is 2.65 bits per heavy atom. The van der Waals surface area contributed by atoms with E-state index in [0.29, 0.717) is 19.8 Å². The smallest absolute Gasteiger partial charge is 0.179 e. The molecule has 2 aliphatic rings. The maximum Gasteiger partial charge on any atom is 0.179 e. The predicted molar refractivity (Wildman–Crippen MR) is 80.9 cm³/mol. The van der Waals surface area contributed by atoms with Gasteiger partial charge in [-0.2, -0.15) is 0 Å². The van der Waals surface area contributed by atoms with E-state index in [1.54, 1.807) is 7.11 Å². The Balaban J connectivity index is 2.16. The fourth-order valence-corrected chi connectivity index (χ4v) is 4.04. The first-order valence-electron chi connectivity index (χ1n) is 7.08. The van der Waals surface area contributed by atoms with Crippen molar-refractivity contribution in [3.05, 3.63) is 16.1 Å². The molecule has 0 radical (unpaired) electrons. The second-order valence-corrected chi connectivity index (χ2v) is 6.28. The van der Waals surface area contributed by atoms with Crippen LogP contribution >= 0.6 is 15.9 Å². The van der Waals surface area contributed by atoms with E-state index < -0.39 is 0 Å². The Kier molecular flexibility index (Phi) is 3.82. The van der Waals surface area contributed by atoms with Crippen molar-refractivity contribution in [3.63, 3.8) is 0 Å². The largest absolute Gasteiger partial charge is 0.495 e. The van der Waals surface area contributed by atoms with Gasteiger partial charge in [0.15, 0.2) is 11.5 Å². The van der Waals surface area contributed by atoms with Gasteiger partial charge in [0, 0.05) is 17.5 Å². The number of methoxy groups -OCH3 is 1. The average molecular weight is 342 g/mol. The number of hydrogen-bond donors (Lipinski definition) is 1. The molecular formula is C15H20BrNO3. The Hall–Kier alpha value is -0.940. The van der Waals surface area contributed by atoms with Gasteiger partial charge in [-0.1, -0.05) is 12.8 Å². The van der Waals surface area contributed by atoms with Crippen molar-refractivity contribution in [2.75, 3.05) is 26.9 Å². The summed E-state index contributed by atoms with van der Waals surface area (Å²) in [5.41, 5.74) is 7.26. The summed E-state index contributed by atoms with van der Waals surface area (Å²) in [5.74, 6) is 2.36. The molecule has 4 nitrogen and oxygen atoms in total. The van der Waals surface area contributed by atoms with Crippen LogP contribution in [0, 0.1) is 0 Å².